The second kappa shape index (κ2) is 5.20. The van der Waals surface area contributed by atoms with E-state index in [1.807, 2.05) is 0 Å². The molecule has 0 spiro atoms. The number of hydrogen-bond acceptors (Lipinski definition) is 1. The molecular weight excluding hydrogens is 410 g/mol. The Morgan fingerprint density at radius 3 is 2.37 bits per heavy atom. The Kier molecular flexibility index (Phi) is 3.57. The summed E-state index contributed by atoms with van der Waals surface area (Å²) < 4.78 is 0. The summed E-state index contributed by atoms with van der Waals surface area (Å²) >= 11 is 0. The molecular formula is C17H17IrN. The van der Waals surface area contributed by atoms with Gasteiger partial charge in [0.05, 0.1) is 0 Å². The summed E-state index contributed by atoms with van der Waals surface area (Å²) in [5.74, 6) is 0. The largest absolute Gasteiger partial charge is 0.291 e. The average Bonchev–Trinajstić information content (AvgIpc) is 2.45. The molecule has 19 heavy (non-hydrogen) atoms. The predicted octanol–water partition coefficient (Wildman–Crippen LogP) is 3.34. The second-order valence-electron chi connectivity index (χ2n) is 5.41. The van der Waals surface area contributed by atoms with Gasteiger partial charge >= 0.3 is 0 Å². The molecule has 0 amide bonds. The third-order valence-corrected chi connectivity index (χ3v) is 4.43. The van der Waals surface area contributed by atoms with Crippen molar-refractivity contribution in [2.24, 2.45) is 0 Å². The van der Waals surface area contributed by atoms with E-state index in [4.69, 9.17) is 0 Å². The summed E-state index contributed by atoms with van der Waals surface area (Å²) in [5, 5.41) is 0. The van der Waals surface area contributed by atoms with Crippen LogP contribution in [0.25, 0.3) is 0 Å². The summed E-state index contributed by atoms with van der Waals surface area (Å²) in [6.07, 6.45) is 2.38. The number of fused-ring (bicyclic) bond motifs is 4. The van der Waals surface area contributed by atoms with Crippen molar-refractivity contribution < 1.29 is 20.1 Å². The molecule has 2 aromatic carbocycles. The van der Waals surface area contributed by atoms with Crippen molar-refractivity contribution in [2.45, 2.75) is 25.4 Å². The van der Waals surface area contributed by atoms with Gasteiger partial charge in [0, 0.05) is 39.2 Å². The normalized spacial score (nSPS) is 20.7. The van der Waals surface area contributed by atoms with Crippen LogP contribution in [0.1, 0.15) is 28.3 Å². The van der Waals surface area contributed by atoms with Gasteiger partial charge in [0.2, 0.25) is 0 Å². The van der Waals surface area contributed by atoms with Crippen LogP contribution in [-0.2, 0) is 39.5 Å². The first-order valence-electron chi connectivity index (χ1n) is 6.80. The Morgan fingerprint density at radius 2 is 1.53 bits per heavy atom. The van der Waals surface area contributed by atoms with E-state index in [0.717, 1.165) is 6.54 Å². The molecule has 0 N–H and O–H groups in total. The van der Waals surface area contributed by atoms with Crippen LogP contribution in [0.5, 0.6) is 0 Å². The van der Waals surface area contributed by atoms with Crippen LogP contribution < -0.4 is 0 Å². The second-order valence-corrected chi connectivity index (χ2v) is 5.41. The van der Waals surface area contributed by atoms with Crippen LogP contribution in [-0.4, -0.2) is 11.4 Å². The molecule has 2 aliphatic rings. The van der Waals surface area contributed by atoms with Crippen molar-refractivity contribution >= 4 is 0 Å². The summed E-state index contributed by atoms with van der Waals surface area (Å²) in [7, 11) is 0. The first-order chi connectivity index (χ1) is 8.92. The molecule has 0 saturated heterocycles. The Bertz CT molecular complexity index is 593. The van der Waals surface area contributed by atoms with Gasteiger partial charge in [0.15, 0.2) is 0 Å². The van der Waals surface area contributed by atoms with Gasteiger partial charge in [-0.1, -0.05) is 48.5 Å². The van der Waals surface area contributed by atoms with Crippen molar-refractivity contribution in [1.82, 2.24) is 4.90 Å². The smallest absolute Gasteiger partial charge is 0.0394 e. The van der Waals surface area contributed by atoms with Crippen molar-refractivity contribution in [1.29, 1.82) is 0 Å². The van der Waals surface area contributed by atoms with Gasteiger partial charge in [0.25, 0.3) is 0 Å². The molecule has 1 unspecified atom stereocenters. The van der Waals surface area contributed by atoms with Crippen LogP contribution >= 0.6 is 0 Å². The van der Waals surface area contributed by atoms with Crippen molar-refractivity contribution in [3.05, 3.63) is 70.8 Å². The SMILES string of the molecule is [Ir].c1ccc2c(c1)CC1c3ccccc3CCN1C2. The fourth-order valence-corrected chi connectivity index (χ4v) is 3.47. The van der Waals surface area contributed by atoms with Gasteiger partial charge in [-0.05, 0) is 35.1 Å². The maximum atomic E-state index is 2.64. The molecule has 99 valence electrons. The maximum absolute atomic E-state index is 2.64. The zero-order valence-corrected chi connectivity index (χ0v) is 13.2. The average molecular weight is 428 g/mol. The quantitative estimate of drug-likeness (QED) is 0.623. The molecule has 2 aliphatic heterocycles. The van der Waals surface area contributed by atoms with E-state index in [-0.39, 0.29) is 20.1 Å². The number of rotatable bonds is 0. The summed E-state index contributed by atoms with van der Waals surface area (Å²) in [5.41, 5.74) is 6.17. The van der Waals surface area contributed by atoms with E-state index in [0.29, 0.717) is 6.04 Å². The van der Waals surface area contributed by atoms with E-state index >= 15 is 0 Å². The molecule has 2 heteroatoms. The summed E-state index contributed by atoms with van der Waals surface area (Å²) in [6, 6.07) is 18.5. The number of benzene rings is 2. The Labute approximate surface area is 128 Å². The fraction of sp³-hybridized carbons (Fsp3) is 0.294. The molecule has 4 rings (SSSR count). The van der Waals surface area contributed by atoms with Gasteiger partial charge in [-0.15, -0.1) is 0 Å². The summed E-state index contributed by atoms with van der Waals surface area (Å²) in [4.78, 5) is 2.64. The zero-order valence-electron chi connectivity index (χ0n) is 10.8. The molecule has 1 atom stereocenters. The molecule has 0 aromatic heterocycles. The maximum Gasteiger partial charge on any atom is 0.0394 e. The number of hydrogen-bond donors (Lipinski definition) is 0. The molecule has 1 nitrogen and oxygen atoms in total. The molecule has 0 aliphatic carbocycles. The van der Waals surface area contributed by atoms with E-state index in [2.05, 4.69) is 53.4 Å². The van der Waals surface area contributed by atoms with Crippen molar-refractivity contribution in [2.75, 3.05) is 6.54 Å². The van der Waals surface area contributed by atoms with Crippen molar-refractivity contribution in [3.63, 3.8) is 0 Å². The zero-order chi connectivity index (χ0) is 11.9. The minimum Gasteiger partial charge on any atom is -0.291 e. The van der Waals surface area contributed by atoms with Crippen LogP contribution in [0.2, 0.25) is 0 Å². The molecule has 2 aromatic rings. The molecule has 2 heterocycles. The minimum atomic E-state index is 0. The van der Waals surface area contributed by atoms with Crippen LogP contribution in [0.15, 0.2) is 48.5 Å². The van der Waals surface area contributed by atoms with Crippen molar-refractivity contribution in [3.8, 4) is 0 Å². The summed E-state index contributed by atoms with van der Waals surface area (Å²) in [6.45, 7) is 2.32. The Morgan fingerprint density at radius 1 is 0.842 bits per heavy atom. The van der Waals surface area contributed by atoms with Crippen LogP contribution in [0.3, 0.4) is 0 Å². The Balaban J connectivity index is 0.00000110. The number of nitrogens with zero attached hydrogens (tertiary/aromatic N) is 1. The first-order valence-corrected chi connectivity index (χ1v) is 6.80. The standard InChI is InChI=1S/C17H17N.Ir/c1-2-7-15-12-18-10-9-13-5-3-4-8-16(13)17(18)11-14(15)6-1;/h1-8,17H,9-12H2;. The van der Waals surface area contributed by atoms with E-state index in [1.54, 1.807) is 11.1 Å². The first kappa shape index (κ1) is 13.1. The van der Waals surface area contributed by atoms with E-state index in [9.17, 15) is 0 Å². The van der Waals surface area contributed by atoms with Gasteiger partial charge < -0.3 is 0 Å². The predicted molar refractivity (Wildman–Crippen MR) is 73.4 cm³/mol. The van der Waals surface area contributed by atoms with Gasteiger partial charge in [-0.3, -0.25) is 4.90 Å². The molecule has 1 radical (unpaired) electrons. The third-order valence-electron chi connectivity index (χ3n) is 4.43. The van der Waals surface area contributed by atoms with E-state index in [1.165, 1.54) is 30.5 Å². The molecule has 0 fully saturated rings. The fourth-order valence-electron chi connectivity index (χ4n) is 3.47. The van der Waals surface area contributed by atoms with E-state index < -0.39 is 0 Å². The van der Waals surface area contributed by atoms with Gasteiger partial charge in [-0.2, -0.15) is 0 Å². The van der Waals surface area contributed by atoms with Gasteiger partial charge in [-0.25, -0.2) is 0 Å². The monoisotopic (exact) mass is 428 g/mol. The van der Waals surface area contributed by atoms with Crippen LogP contribution in [0.4, 0.5) is 0 Å². The minimum absolute atomic E-state index is 0. The Hall–Kier alpha value is -0.951. The topological polar surface area (TPSA) is 3.24 Å². The molecule has 0 bridgehead atoms. The van der Waals surface area contributed by atoms with Gasteiger partial charge in [0.1, 0.15) is 0 Å². The van der Waals surface area contributed by atoms with Crippen LogP contribution in [0, 0.1) is 0 Å². The third kappa shape index (κ3) is 2.18. The molecule has 0 saturated carbocycles.